The van der Waals surface area contributed by atoms with Gasteiger partial charge in [0.25, 0.3) is 0 Å². The zero-order valence-electron chi connectivity index (χ0n) is 14.1. The standard InChI is InChI=1S/C18H31NO2/c1-5-15(20)16(18(2,3)4)19-17(21)14-11-13(14)12-9-7-6-8-10-12/h12-14,16H,5-11H2,1-4H3,(H,19,21)/t13?,14-,16-/m1/s1. The monoisotopic (exact) mass is 293 g/mol. The molecule has 0 aromatic heterocycles. The first-order valence-corrected chi connectivity index (χ1v) is 8.67. The largest absolute Gasteiger partial charge is 0.346 e. The molecule has 1 N–H and O–H groups in total. The van der Waals surface area contributed by atoms with Crippen LogP contribution < -0.4 is 5.32 Å². The van der Waals surface area contributed by atoms with E-state index in [0.717, 1.165) is 12.3 Å². The molecule has 0 aromatic rings. The average molecular weight is 293 g/mol. The minimum Gasteiger partial charge on any atom is -0.346 e. The molecular weight excluding hydrogens is 262 g/mol. The van der Waals surface area contributed by atoms with Crippen LogP contribution in [-0.2, 0) is 9.59 Å². The van der Waals surface area contributed by atoms with Crippen LogP contribution in [0.3, 0.4) is 0 Å². The second-order valence-electron chi connectivity index (χ2n) is 8.03. The summed E-state index contributed by atoms with van der Waals surface area (Å²) in [5, 5.41) is 3.05. The van der Waals surface area contributed by atoms with Crippen molar-refractivity contribution in [2.24, 2.45) is 23.2 Å². The van der Waals surface area contributed by atoms with Gasteiger partial charge in [-0.1, -0.05) is 59.8 Å². The maximum absolute atomic E-state index is 12.5. The fourth-order valence-electron chi connectivity index (χ4n) is 3.83. The Morgan fingerprint density at radius 1 is 1.14 bits per heavy atom. The number of Topliss-reactive ketones (excluding diaryl/α,β-unsaturated/α-hetero) is 1. The Kier molecular flexibility index (Phi) is 5.11. The van der Waals surface area contributed by atoms with Crippen molar-refractivity contribution in [2.75, 3.05) is 0 Å². The van der Waals surface area contributed by atoms with E-state index in [-0.39, 0.29) is 29.1 Å². The van der Waals surface area contributed by atoms with Crippen LogP contribution in [0.2, 0.25) is 0 Å². The number of ketones is 1. The van der Waals surface area contributed by atoms with Gasteiger partial charge in [0.2, 0.25) is 5.91 Å². The molecule has 0 saturated heterocycles. The average Bonchev–Trinajstić information content (AvgIpc) is 3.24. The van der Waals surface area contributed by atoms with Crippen molar-refractivity contribution >= 4 is 11.7 Å². The molecule has 120 valence electrons. The number of carbonyl (C=O) groups is 2. The Labute approximate surface area is 129 Å². The molecule has 2 aliphatic rings. The number of amides is 1. The summed E-state index contributed by atoms with van der Waals surface area (Å²) in [6.45, 7) is 7.94. The fraction of sp³-hybridized carbons (Fsp3) is 0.889. The van der Waals surface area contributed by atoms with Crippen molar-refractivity contribution in [1.29, 1.82) is 0 Å². The third kappa shape index (κ3) is 4.08. The minimum atomic E-state index is -0.345. The normalized spacial score (nSPS) is 28.0. The predicted molar refractivity (Wildman–Crippen MR) is 84.9 cm³/mol. The van der Waals surface area contributed by atoms with E-state index in [0.29, 0.717) is 12.3 Å². The molecule has 2 rings (SSSR count). The number of hydrogen-bond donors (Lipinski definition) is 1. The summed E-state index contributed by atoms with van der Waals surface area (Å²) in [7, 11) is 0. The van der Waals surface area contributed by atoms with Gasteiger partial charge in [0.15, 0.2) is 5.78 Å². The van der Waals surface area contributed by atoms with Gasteiger partial charge in [0.05, 0.1) is 6.04 Å². The van der Waals surface area contributed by atoms with Crippen LogP contribution in [0.5, 0.6) is 0 Å². The van der Waals surface area contributed by atoms with Crippen LogP contribution >= 0.6 is 0 Å². The highest BCUT2D eigenvalue weighted by atomic mass is 16.2. The summed E-state index contributed by atoms with van der Waals surface area (Å²) in [5.41, 5.74) is -0.210. The highest BCUT2D eigenvalue weighted by molar-refractivity contribution is 5.91. The van der Waals surface area contributed by atoms with Gasteiger partial charge in [-0.15, -0.1) is 0 Å². The first-order valence-electron chi connectivity index (χ1n) is 8.67. The Hall–Kier alpha value is -0.860. The van der Waals surface area contributed by atoms with Crippen LogP contribution in [0.25, 0.3) is 0 Å². The van der Waals surface area contributed by atoms with Gasteiger partial charge < -0.3 is 5.32 Å². The Bertz CT molecular complexity index is 391. The van der Waals surface area contributed by atoms with E-state index in [1.54, 1.807) is 0 Å². The van der Waals surface area contributed by atoms with Crippen LogP contribution in [0, 0.1) is 23.2 Å². The van der Waals surface area contributed by atoms with Gasteiger partial charge in [0, 0.05) is 12.3 Å². The summed E-state index contributed by atoms with van der Waals surface area (Å²) in [5.74, 6) is 1.77. The zero-order chi connectivity index (χ0) is 15.6. The molecule has 0 aromatic carbocycles. The molecule has 0 heterocycles. The first kappa shape index (κ1) is 16.5. The van der Waals surface area contributed by atoms with Crippen molar-refractivity contribution in [3.63, 3.8) is 0 Å². The lowest BCUT2D eigenvalue weighted by molar-refractivity contribution is -0.131. The molecule has 0 bridgehead atoms. The van der Waals surface area contributed by atoms with Crippen molar-refractivity contribution in [3.05, 3.63) is 0 Å². The van der Waals surface area contributed by atoms with Gasteiger partial charge in [-0.05, 0) is 23.7 Å². The van der Waals surface area contributed by atoms with Gasteiger partial charge in [-0.2, -0.15) is 0 Å². The molecule has 1 amide bonds. The molecule has 0 radical (unpaired) electrons. The Morgan fingerprint density at radius 3 is 2.29 bits per heavy atom. The fourth-order valence-corrected chi connectivity index (χ4v) is 3.83. The molecule has 3 nitrogen and oxygen atoms in total. The number of carbonyl (C=O) groups excluding carboxylic acids is 2. The maximum Gasteiger partial charge on any atom is 0.224 e. The molecule has 1 unspecified atom stereocenters. The van der Waals surface area contributed by atoms with Crippen molar-refractivity contribution in [3.8, 4) is 0 Å². The highest BCUT2D eigenvalue weighted by Crippen LogP contribution is 2.49. The SMILES string of the molecule is CCC(=O)[C@@H](NC(=O)[C@@H]1CC1C1CCCCC1)C(C)(C)C. The molecule has 2 aliphatic carbocycles. The highest BCUT2D eigenvalue weighted by Gasteiger charge is 2.48. The molecule has 21 heavy (non-hydrogen) atoms. The van der Waals surface area contributed by atoms with Crippen LogP contribution in [0.4, 0.5) is 0 Å². The van der Waals surface area contributed by atoms with Crippen molar-refractivity contribution in [1.82, 2.24) is 5.32 Å². The van der Waals surface area contributed by atoms with E-state index < -0.39 is 0 Å². The Balaban J connectivity index is 1.90. The zero-order valence-corrected chi connectivity index (χ0v) is 14.1. The van der Waals surface area contributed by atoms with E-state index in [1.165, 1.54) is 32.1 Å². The summed E-state index contributed by atoms with van der Waals surface area (Å²) >= 11 is 0. The van der Waals surface area contributed by atoms with E-state index in [2.05, 4.69) is 5.32 Å². The maximum atomic E-state index is 12.5. The molecule has 0 aliphatic heterocycles. The lowest BCUT2D eigenvalue weighted by Gasteiger charge is -2.30. The summed E-state index contributed by atoms with van der Waals surface area (Å²) in [6, 6.07) is -0.345. The third-order valence-electron chi connectivity index (χ3n) is 5.25. The van der Waals surface area contributed by atoms with E-state index in [9.17, 15) is 9.59 Å². The molecule has 2 fully saturated rings. The van der Waals surface area contributed by atoms with Crippen LogP contribution in [-0.4, -0.2) is 17.7 Å². The predicted octanol–water partition coefficient (Wildman–Crippen LogP) is 3.71. The van der Waals surface area contributed by atoms with Crippen LogP contribution in [0.1, 0.15) is 72.6 Å². The third-order valence-corrected chi connectivity index (χ3v) is 5.25. The van der Waals surface area contributed by atoms with Gasteiger partial charge in [0.1, 0.15) is 0 Å². The Morgan fingerprint density at radius 2 is 1.76 bits per heavy atom. The lowest BCUT2D eigenvalue weighted by Crippen LogP contribution is -2.49. The number of rotatable bonds is 5. The second kappa shape index (κ2) is 6.50. The number of hydrogen-bond acceptors (Lipinski definition) is 2. The second-order valence-corrected chi connectivity index (χ2v) is 8.03. The van der Waals surface area contributed by atoms with E-state index in [1.807, 2.05) is 27.7 Å². The van der Waals surface area contributed by atoms with Crippen LogP contribution in [0.15, 0.2) is 0 Å². The van der Waals surface area contributed by atoms with E-state index >= 15 is 0 Å². The summed E-state index contributed by atoms with van der Waals surface area (Å²) < 4.78 is 0. The number of nitrogens with one attached hydrogen (secondary N) is 1. The molecular formula is C18H31NO2. The molecule has 2 saturated carbocycles. The smallest absolute Gasteiger partial charge is 0.224 e. The topological polar surface area (TPSA) is 46.2 Å². The van der Waals surface area contributed by atoms with Gasteiger partial charge >= 0.3 is 0 Å². The first-order chi connectivity index (χ1) is 9.84. The van der Waals surface area contributed by atoms with Crippen molar-refractivity contribution in [2.45, 2.75) is 78.7 Å². The quantitative estimate of drug-likeness (QED) is 0.840. The minimum absolute atomic E-state index is 0.118. The molecule has 3 heteroatoms. The molecule has 3 atom stereocenters. The van der Waals surface area contributed by atoms with E-state index in [4.69, 9.17) is 0 Å². The van der Waals surface area contributed by atoms with Crippen molar-refractivity contribution < 1.29 is 9.59 Å². The lowest BCUT2D eigenvalue weighted by atomic mass is 9.83. The molecule has 0 spiro atoms. The van der Waals surface area contributed by atoms with Gasteiger partial charge in [-0.3, -0.25) is 9.59 Å². The van der Waals surface area contributed by atoms with Gasteiger partial charge in [-0.25, -0.2) is 0 Å². The summed E-state index contributed by atoms with van der Waals surface area (Å²) in [4.78, 5) is 24.6. The summed E-state index contributed by atoms with van der Waals surface area (Å²) in [6.07, 6.45) is 8.13.